The van der Waals surface area contributed by atoms with Crippen LogP contribution < -0.4 is 5.32 Å². The second-order valence-electron chi connectivity index (χ2n) is 6.41. The van der Waals surface area contributed by atoms with Gasteiger partial charge >= 0.3 is 0 Å². The number of aliphatic hydroxyl groups excluding tert-OH is 1. The van der Waals surface area contributed by atoms with E-state index in [1.54, 1.807) is 6.92 Å². The minimum atomic E-state index is -0.478. The zero-order valence-electron chi connectivity index (χ0n) is 14.8. The number of nitrogens with zero attached hydrogens (tertiary/aromatic N) is 3. The lowest BCUT2D eigenvalue weighted by Crippen LogP contribution is -2.16. The number of nitrogens with one attached hydrogen (secondary N) is 1. The smallest absolute Gasteiger partial charge is 0.150 e. The number of benzene rings is 2. The summed E-state index contributed by atoms with van der Waals surface area (Å²) in [5.74, 6) is 0.701. The van der Waals surface area contributed by atoms with Crippen molar-refractivity contribution in [3.8, 4) is 16.8 Å². The summed E-state index contributed by atoms with van der Waals surface area (Å²) in [6, 6.07) is 17.8. The van der Waals surface area contributed by atoms with Crippen molar-refractivity contribution in [1.29, 1.82) is 0 Å². The normalized spacial score (nSPS) is 12.3. The Bertz CT molecular complexity index is 1060. The maximum atomic E-state index is 9.66. The van der Waals surface area contributed by atoms with Crippen LogP contribution in [-0.2, 0) is 0 Å². The zero-order valence-corrected chi connectivity index (χ0v) is 15.6. The van der Waals surface area contributed by atoms with Crippen molar-refractivity contribution in [2.45, 2.75) is 13.0 Å². The quantitative estimate of drug-likeness (QED) is 0.535. The van der Waals surface area contributed by atoms with Gasteiger partial charge in [0.25, 0.3) is 0 Å². The number of hydrogen-bond donors (Lipinski definition) is 2. The molecule has 4 rings (SSSR count). The minimum absolute atomic E-state index is 0.409. The molecular weight excluding hydrogens is 360 g/mol. The van der Waals surface area contributed by atoms with E-state index in [2.05, 4.69) is 33.6 Å². The second-order valence-corrected chi connectivity index (χ2v) is 6.84. The van der Waals surface area contributed by atoms with E-state index >= 15 is 0 Å². The molecule has 0 radical (unpaired) electrons. The van der Waals surface area contributed by atoms with E-state index < -0.39 is 6.10 Å². The van der Waals surface area contributed by atoms with Crippen LogP contribution in [0.15, 0.2) is 67.1 Å². The van der Waals surface area contributed by atoms with Crippen molar-refractivity contribution in [3.05, 3.63) is 72.1 Å². The van der Waals surface area contributed by atoms with Gasteiger partial charge in [-0.25, -0.2) is 9.97 Å². The lowest BCUT2D eigenvalue weighted by Gasteiger charge is -2.10. The number of hydrogen-bond acceptors (Lipinski definition) is 4. The molecule has 6 heteroatoms. The molecule has 2 N–H and O–H groups in total. The van der Waals surface area contributed by atoms with Crippen LogP contribution in [0.5, 0.6) is 0 Å². The summed E-state index contributed by atoms with van der Waals surface area (Å²) < 4.78 is 2.03. The molecule has 1 unspecified atom stereocenters. The van der Waals surface area contributed by atoms with E-state index in [0.29, 0.717) is 17.4 Å². The van der Waals surface area contributed by atoms with Crippen LogP contribution in [0.4, 0.5) is 5.82 Å². The molecule has 0 aliphatic carbocycles. The van der Waals surface area contributed by atoms with Crippen molar-refractivity contribution < 1.29 is 5.11 Å². The lowest BCUT2D eigenvalue weighted by molar-refractivity contribution is 0.208. The summed E-state index contributed by atoms with van der Waals surface area (Å²) in [5, 5.41) is 14.5. The van der Waals surface area contributed by atoms with Crippen LogP contribution in [0.25, 0.3) is 27.8 Å². The highest BCUT2D eigenvalue weighted by Crippen LogP contribution is 2.35. The average Bonchev–Trinajstić information content (AvgIpc) is 3.08. The molecule has 2 aromatic heterocycles. The van der Waals surface area contributed by atoms with Gasteiger partial charge in [0.15, 0.2) is 5.65 Å². The van der Waals surface area contributed by atoms with Crippen molar-refractivity contribution in [2.75, 3.05) is 11.9 Å². The molecule has 0 saturated carbocycles. The number of aliphatic hydroxyl groups is 1. The van der Waals surface area contributed by atoms with Gasteiger partial charge in [-0.1, -0.05) is 41.9 Å². The van der Waals surface area contributed by atoms with Crippen molar-refractivity contribution in [2.24, 2.45) is 0 Å². The van der Waals surface area contributed by atoms with E-state index in [0.717, 1.165) is 27.8 Å². The summed E-state index contributed by atoms with van der Waals surface area (Å²) in [5.41, 5.74) is 3.85. The van der Waals surface area contributed by atoms with Crippen molar-refractivity contribution in [3.63, 3.8) is 0 Å². The van der Waals surface area contributed by atoms with Gasteiger partial charge in [-0.3, -0.25) is 0 Å². The monoisotopic (exact) mass is 378 g/mol. The Labute approximate surface area is 162 Å². The van der Waals surface area contributed by atoms with Crippen LogP contribution in [0, 0.1) is 0 Å². The Hall–Kier alpha value is -2.89. The molecule has 0 fully saturated rings. The van der Waals surface area contributed by atoms with Gasteiger partial charge in [0.1, 0.15) is 12.1 Å². The maximum Gasteiger partial charge on any atom is 0.150 e. The Morgan fingerprint density at radius 3 is 2.52 bits per heavy atom. The third-order valence-corrected chi connectivity index (χ3v) is 4.59. The first-order chi connectivity index (χ1) is 13.1. The Morgan fingerprint density at radius 1 is 1.07 bits per heavy atom. The third-order valence-electron chi connectivity index (χ3n) is 4.34. The summed E-state index contributed by atoms with van der Waals surface area (Å²) in [6.07, 6.45) is 3.12. The molecule has 0 spiro atoms. The fourth-order valence-electron chi connectivity index (χ4n) is 3.08. The van der Waals surface area contributed by atoms with Crippen molar-refractivity contribution in [1.82, 2.24) is 14.5 Å². The Morgan fingerprint density at radius 2 is 1.81 bits per heavy atom. The van der Waals surface area contributed by atoms with E-state index in [4.69, 9.17) is 11.6 Å². The van der Waals surface area contributed by atoms with Gasteiger partial charge in [0.2, 0.25) is 0 Å². The number of rotatable bonds is 5. The molecule has 0 aliphatic heterocycles. The van der Waals surface area contributed by atoms with Crippen LogP contribution in [-0.4, -0.2) is 32.3 Å². The highest BCUT2D eigenvalue weighted by molar-refractivity contribution is 6.30. The Kier molecular flexibility index (Phi) is 4.79. The first-order valence-corrected chi connectivity index (χ1v) is 9.10. The lowest BCUT2D eigenvalue weighted by atomic mass is 10.1. The van der Waals surface area contributed by atoms with Crippen LogP contribution in [0.1, 0.15) is 6.92 Å². The molecular formula is C21H19ClN4O. The minimum Gasteiger partial charge on any atom is -0.392 e. The number of aromatic nitrogens is 3. The third kappa shape index (κ3) is 3.52. The molecule has 0 bridgehead atoms. The van der Waals surface area contributed by atoms with Crippen LogP contribution >= 0.6 is 11.6 Å². The molecule has 2 heterocycles. The van der Waals surface area contributed by atoms with E-state index in [9.17, 15) is 5.11 Å². The highest BCUT2D eigenvalue weighted by atomic mass is 35.5. The predicted octanol–water partition coefficient (Wildman–Crippen LogP) is 4.53. The number of anilines is 1. The molecule has 1 atom stereocenters. The topological polar surface area (TPSA) is 63.0 Å². The van der Waals surface area contributed by atoms with E-state index in [-0.39, 0.29) is 0 Å². The fraction of sp³-hybridized carbons (Fsp3) is 0.143. The SMILES string of the molecule is CC(O)CNc1ncnc2c1c(-c1ccccc1)cn2-c1ccc(Cl)cc1. The average molecular weight is 379 g/mol. The number of fused-ring (bicyclic) bond motifs is 1. The van der Waals surface area contributed by atoms with Crippen LogP contribution in [0.3, 0.4) is 0 Å². The molecule has 0 aliphatic rings. The largest absolute Gasteiger partial charge is 0.392 e. The van der Waals surface area contributed by atoms with Gasteiger partial charge in [0.05, 0.1) is 11.5 Å². The van der Waals surface area contributed by atoms with Gasteiger partial charge in [0, 0.05) is 29.0 Å². The molecule has 136 valence electrons. The van der Waals surface area contributed by atoms with E-state index in [1.807, 2.05) is 47.0 Å². The van der Waals surface area contributed by atoms with Crippen molar-refractivity contribution >= 4 is 28.5 Å². The molecule has 4 aromatic rings. The Balaban J connectivity index is 1.95. The zero-order chi connectivity index (χ0) is 18.8. The summed E-state index contributed by atoms with van der Waals surface area (Å²) in [7, 11) is 0. The standard InChI is InChI=1S/C21H19ClN4O/c1-14(27)11-23-20-19-18(15-5-3-2-4-6-15)12-26(21(19)25-13-24-20)17-9-7-16(22)8-10-17/h2-10,12-14,27H,11H2,1H3,(H,23,24,25). The highest BCUT2D eigenvalue weighted by Gasteiger charge is 2.17. The first-order valence-electron chi connectivity index (χ1n) is 8.73. The number of halogens is 1. The summed E-state index contributed by atoms with van der Waals surface area (Å²) >= 11 is 6.05. The summed E-state index contributed by atoms with van der Waals surface area (Å²) in [4.78, 5) is 8.95. The summed E-state index contributed by atoms with van der Waals surface area (Å²) in [6.45, 7) is 2.15. The molecule has 0 amide bonds. The maximum absolute atomic E-state index is 9.66. The van der Waals surface area contributed by atoms with Gasteiger partial charge in [-0.05, 0) is 36.8 Å². The van der Waals surface area contributed by atoms with Gasteiger partial charge in [-0.15, -0.1) is 0 Å². The fourth-order valence-corrected chi connectivity index (χ4v) is 3.20. The second kappa shape index (κ2) is 7.39. The van der Waals surface area contributed by atoms with Gasteiger partial charge < -0.3 is 15.0 Å². The predicted molar refractivity (Wildman–Crippen MR) is 109 cm³/mol. The van der Waals surface area contributed by atoms with Crippen LogP contribution in [0.2, 0.25) is 5.02 Å². The van der Waals surface area contributed by atoms with E-state index in [1.165, 1.54) is 6.33 Å². The molecule has 0 saturated heterocycles. The molecule has 5 nitrogen and oxygen atoms in total. The first kappa shape index (κ1) is 17.5. The molecule has 27 heavy (non-hydrogen) atoms. The van der Waals surface area contributed by atoms with Gasteiger partial charge in [-0.2, -0.15) is 0 Å². The molecule has 2 aromatic carbocycles.